The summed E-state index contributed by atoms with van der Waals surface area (Å²) in [6.45, 7) is 8.20. The van der Waals surface area contributed by atoms with Gasteiger partial charge in [0.15, 0.2) is 8.32 Å². The molecule has 120 valence electrons. The van der Waals surface area contributed by atoms with Crippen molar-refractivity contribution in [2.75, 3.05) is 6.26 Å². The van der Waals surface area contributed by atoms with Gasteiger partial charge in [-0.15, -0.1) is 0 Å². The second-order valence-corrected chi connectivity index (χ2v) is 12.8. The molecule has 1 rings (SSSR count). The third-order valence-corrected chi connectivity index (χ3v) is 8.23. The summed E-state index contributed by atoms with van der Waals surface area (Å²) >= 11 is 0. The van der Waals surface area contributed by atoms with E-state index < -0.39 is 18.4 Å². The summed E-state index contributed by atoms with van der Waals surface area (Å²) < 4.78 is 26.8. The van der Waals surface area contributed by atoms with Gasteiger partial charge in [-0.2, -0.15) is 8.42 Å². The zero-order valence-corrected chi connectivity index (χ0v) is 15.3. The average Bonchev–Trinajstić information content (AvgIpc) is 2.32. The molecule has 0 aliphatic heterocycles. The van der Waals surface area contributed by atoms with Crippen LogP contribution in [0.4, 0.5) is 0 Å². The van der Waals surface area contributed by atoms with Gasteiger partial charge in [-0.05, 0) is 42.1 Å². The van der Waals surface area contributed by atoms with Crippen molar-refractivity contribution in [3.63, 3.8) is 0 Å². The van der Waals surface area contributed by atoms with Crippen LogP contribution >= 0.6 is 0 Å². The Labute approximate surface area is 129 Å². The lowest BCUT2D eigenvalue weighted by molar-refractivity contribution is 0.311. The van der Waals surface area contributed by atoms with Gasteiger partial charge in [0.1, 0.15) is 0 Å². The highest BCUT2D eigenvalue weighted by molar-refractivity contribution is 7.85. The lowest BCUT2D eigenvalue weighted by atomic mass is 10.0. The molecule has 0 saturated heterocycles. The molecule has 0 unspecified atom stereocenters. The van der Waals surface area contributed by atoms with E-state index in [1.165, 1.54) is 0 Å². The molecule has 6 heteroatoms. The van der Waals surface area contributed by atoms with E-state index in [1.54, 1.807) is 0 Å². The first kappa shape index (κ1) is 18.4. The molecule has 0 fully saturated rings. The van der Waals surface area contributed by atoms with E-state index in [0.717, 1.165) is 30.2 Å². The molecule has 0 spiro atoms. The Morgan fingerprint density at radius 1 is 1.24 bits per heavy atom. The Bertz CT molecular complexity index is 574. The SMILES string of the molecule is CC(C)(CCc1cccc(COS(C)(=O)=O)c1)[Si](C)(C)O. The minimum absolute atomic E-state index is 0.0632. The Morgan fingerprint density at radius 3 is 2.33 bits per heavy atom. The van der Waals surface area contributed by atoms with E-state index >= 15 is 0 Å². The van der Waals surface area contributed by atoms with E-state index in [-0.39, 0.29) is 11.6 Å². The van der Waals surface area contributed by atoms with Gasteiger partial charge in [-0.3, -0.25) is 4.18 Å². The summed E-state index contributed by atoms with van der Waals surface area (Å²) in [4.78, 5) is 10.3. The van der Waals surface area contributed by atoms with Crippen LogP contribution < -0.4 is 0 Å². The summed E-state index contributed by atoms with van der Waals surface area (Å²) in [6.07, 6.45) is 2.81. The third-order valence-electron chi connectivity index (χ3n) is 4.13. The molecule has 1 N–H and O–H groups in total. The molecular formula is C15H26O4SSi. The predicted octanol–water partition coefficient (Wildman–Crippen LogP) is 3.07. The smallest absolute Gasteiger partial charge is 0.264 e. The van der Waals surface area contributed by atoms with Gasteiger partial charge in [-0.25, -0.2) is 0 Å². The van der Waals surface area contributed by atoms with Crippen molar-refractivity contribution in [2.24, 2.45) is 0 Å². The largest absolute Gasteiger partial charge is 0.432 e. The van der Waals surface area contributed by atoms with Crippen LogP contribution in [0.25, 0.3) is 0 Å². The third kappa shape index (κ3) is 6.30. The molecule has 0 amide bonds. The molecule has 0 aromatic heterocycles. The summed E-state index contributed by atoms with van der Waals surface area (Å²) in [5.41, 5.74) is 1.98. The Balaban J connectivity index is 2.69. The van der Waals surface area contributed by atoms with Gasteiger partial charge in [0, 0.05) is 0 Å². The maximum atomic E-state index is 11.0. The minimum Gasteiger partial charge on any atom is -0.432 e. The van der Waals surface area contributed by atoms with Crippen LogP contribution in [-0.4, -0.2) is 27.8 Å². The van der Waals surface area contributed by atoms with E-state index in [0.29, 0.717) is 0 Å². The van der Waals surface area contributed by atoms with Crippen molar-refractivity contribution in [2.45, 2.75) is 51.4 Å². The first-order valence-electron chi connectivity index (χ1n) is 7.05. The molecule has 1 aromatic rings. The number of rotatable bonds is 7. The molecule has 1 aromatic carbocycles. The lowest BCUT2D eigenvalue weighted by Crippen LogP contribution is -2.39. The lowest BCUT2D eigenvalue weighted by Gasteiger charge is -2.35. The van der Waals surface area contributed by atoms with Crippen molar-refractivity contribution in [1.82, 2.24) is 0 Å². The highest BCUT2D eigenvalue weighted by Gasteiger charge is 2.37. The van der Waals surface area contributed by atoms with Gasteiger partial charge in [0.2, 0.25) is 0 Å². The Kier molecular flexibility index (Phi) is 5.77. The fourth-order valence-corrected chi connectivity index (χ4v) is 2.90. The van der Waals surface area contributed by atoms with Crippen LogP contribution in [0.15, 0.2) is 24.3 Å². The Morgan fingerprint density at radius 2 is 1.81 bits per heavy atom. The molecule has 4 nitrogen and oxygen atoms in total. The fraction of sp³-hybridized carbons (Fsp3) is 0.600. The van der Waals surface area contributed by atoms with Crippen LogP contribution in [0.5, 0.6) is 0 Å². The van der Waals surface area contributed by atoms with Gasteiger partial charge in [0.25, 0.3) is 10.1 Å². The first-order chi connectivity index (χ1) is 9.41. The summed E-state index contributed by atoms with van der Waals surface area (Å²) in [5.74, 6) is 0. The summed E-state index contributed by atoms with van der Waals surface area (Å²) in [6, 6.07) is 7.74. The normalized spacial score (nSPS) is 13.4. The average molecular weight is 331 g/mol. The van der Waals surface area contributed by atoms with Crippen LogP contribution in [0.3, 0.4) is 0 Å². The molecule has 0 atom stereocenters. The summed E-state index contributed by atoms with van der Waals surface area (Å²) in [7, 11) is -5.61. The van der Waals surface area contributed by atoms with Gasteiger partial charge >= 0.3 is 0 Å². The number of benzene rings is 1. The first-order valence-corrected chi connectivity index (χ1v) is 11.8. The maximum Gasteiger partial charge on any atom is 0.264 e. The second kappa shape index (κ2) is 6.60. The van der Waals surface area contributed by atoms with Crippen LogP contribution in [0.2, 0.25) is 18.1 Å². The monoisotopic (exact) mass is 330 g/mol. The quantitative estimate of drug-likeness (QED) is 0.616. The molecule has 0 saturated carbocycles. The van der Waals surface area contributed by atoms with Gasteiger partial charge < -0.3 is 4.80 Å². The Hall–Kier alpha value is -0.693. The van der Waals surface area contributed by atoms with E-state index in [1.807, 2.05) is 37.4 Å². The molecule has 0 bridgehead atoms. The van der Waals surface area contributed by atoms with Gasteiger partial charge in [-0.1, -0.05) is 38.1 Å². The predicted molar refractivity (Wildman–Crippen MR) is 88.1 cm³/mol. The number of hydrogen-bond acceptors (Lipinski definition) is 4. The zero-order valence-electron chi connectivity index (χ0n) is 13.5. The van der Waals surface area contributed by atoms with Crippen molar-refractivity contribution < 1.29 is 17.4 Å². The van der Waals surface area contributed by atoms with Gasteiger partial charge in [0.05, 0.1) is 12.9 Å². The topological polar surface area (TPSA) is 63.6 Å². The molecule has 0 aliphatic carbocycles. The maximum absolute atomic E-state index is 11.0. The molecule has 0 aliphatic rings. The second-order valence-electron chi connectivity index (χ2n) is 6.73. The minimum atomic E-state index is -3.42. The molecule has 0 radical (unpaired) electrons. The number of aryl methyl sites for hydroxylation is 1. The van der Waals surface area contributed by atoms with Crippen molar-refractivity contribution >= 4 is 18.4 Å². The van der Waals surface area contributed by atoms with Crippen molar-refractivity contribution in [3.05, 3.63) is 35.4 Å². The highest BCUT2D eigenvalue weighted by atomic mass is 32.2. The standard InChI is InChI=1S/C15H26O4SSi/c1-15(2,21(4,5)18)10-9-13-7-6-8-14(11-13)12-19-20(3,16)17/h6-8,11,18H,9-10,12H2,1-5H3. The number of hydrogen-bond donors (Lipinski definition) is 1. The highest BCUT2D eigenvalue weighted by Crippen LogP contribution is 2.39. The van der Waals surface area contributed by atoms with E-state index in [4.69, 9.17) is 4.18 Å². The van der Waals surface area contributed by atoms with Crippen molar-refractivity contribution in [3.8, 4) is 0 Å². The van der Waals surface area contributed by atoms with E-state index in [2.05, 4.69) is 13.8 Å². The molecular weight excluding hydrogens is 304 g/mol. The van der Waals surface area contributed by atoms with Crippen LogP contribution in [0.1, 0.15) is 31.4 Å². The van der Waals surface area contributed by atoms with Crippen LogP contribution in [-0.2, 0) is 27.3 Å². The molecule has 21 heavy (non-hydrogen) atoms. The zero-order chi connectivity index (χ0) is 16.3. The van der Waals surface area contributed by atoms with Crippen molar-refractivity contribution in [1.29, 1.82) is 0 Å². The fourth-order valence-electron chi connectivity index (χ4n) is 1.81. The summed E-state index contributed by atoms with van der Waals surface area (Å²) in [5, 5.41) is -0.0632. The van der Waals surface area contributed by atoms with Crippen LogP contribution in [0, 0.1) is 0 Å². The van der Waals surface area contributed by atoms with E-state index in [9.17, 15) is 13.2 Å². The molecule has 0 heterocycles.